The van der Waals surface area contributed by atoms with E-state index in [2.05, 4.69) is 0 Å². The van der Waals surface area contributed by atoms with E-state index in [1.807, 2.05) is 20.8 Å². The van der Waals surface area contributed by atoms with Crippen LogP contribution in [-0.2, 0) is 35.1 Å². The summed E-state index contributed by atoms with van der Waals surface area (Å²) in [7, 11) is 0. The summed E-state index contributed by atoms with van der Waals surface area (Å²) in [6, 6.07) is 3.74. The second-order valence-electron chi connectivity index (χ2n) is 10.0. The van der Waals surface area contributed by atoms with Crippen LogP contribution in [0, 0.1) is 5.92 Å². The second-order valence-corrected chi connectivity index (χ2v) is 10.0. The average Bonchev–Trinajstić information content (AvgIpc) is 2.89. The van der Waals surface area contributed by atoms with E-state index in [1.54, 1.807) is 39.0 Å². The minimum absolute atomic E-state index is 0.0949. The molecule has 0 heterocycles. The van der Waals surface area contributed by atoms with Gasteiger partial charge in [-0.15, -0.1) is 0 Å². The van der Waals surface area contributed by atoms with Crippen LogP contribution in [0.1, 0.15) is 105 Å². The quantitative estimate of drug-likeness (QED) is 0.144. The van der Waals surface area contributed by atoms with Crippen molar-refractivity contribution in [2.24, 2.45) is 11.7 Å². The van der Waals surface area contributed by atoms with Crippen molar-refractivity contribution in [3.63, 3.8) is 0 Å². The van der Waals surface area contributed by atoms with E-state index >= 15 is 0 Å². The lowest BCUT2D eigenvalue weighted by molar-refractivity contribution is -0.168. The summed E-state index contributed by atoms with van der Waals surface area (Å²) >= 11 is 0. The van der Waals surface area contributed by atoms with Gasteiger partial charge in [0.05, 0.1) is 5.92 Å². The molecular formula is C30H47NO8. The highest BCUT2D eigenvalue weighted by Gasteiger charge is 2.26. The fourth-order valence-electron chi connectivity index (χ4n) is 3.50. The molecule has 0 aliphatic heterocycles. The second kappa shape index (κ2) is 18.4. The van der Waals surface area contributed by atoms with Gasteiger partial charge in [-0.2, -0.15) is 0 Å². The van der Waals surface area contributed by atoms with E-state index in [1.165, 1.54) is 0 Å². The van der Waals surface area contributed by atoms with Gasteiger partial charge in [0.15, 0.2) is 11.5 Å². The SMILES string of the molecule is CCCCCC(=O)Oc1ccc(C[C@H](N)C(=O)O[C@@H](C)[C@H](C)OC(=O)C(C)CC)cc1OC(=O)CCCCC. The van der Waals surface area contributed by atoms with Gasteiger partial charge in [0.25, 0.3) is 0 Å². The maximum Gasteiger partial charge on any atom is 0.323 e. The van der Waals surface area contributed by atoms with Gasteiger partial charge in [0.2, 0.25) is 0 Å². The molecule has 2 N–H and O–H groups in total. The smallest absolute Gasteiger partial charge is 0.323 e. The van der Waals surface area contributed by atoms with Crippen LogP contribution in [0.5, 0.6) is 11.5 Å². The molecule has 0 amide bonds. The van der Waals surface area contributed by atoms with Crippen LogP contribution in [-0.4, -0.2) is 42.1 Å². The minimum Gasteiger partial charge on any atom is -0.459 e. The largest absolute Gasteiger partial charge is 0.459 e. The number of hydrogen-bond donors (Lipinski definition) is 1. The standard InChI is InChI=1S/C30H47NO8/c1-7-10-12-14-27(32)38-25-17-16-23(19-26(25)39-28(33)15-13-11-8-2)18-24(31)30(35)37-22(6)21(5)36-29(34)20(4)9-3/h16-17,19-22,24H,7-15,18,31H2,1-6H3/t20?,21-,22-,24-/m0/s1. The van der Waals surface area contributed by atoms with Gasteiger partial charge >= 0.3 is 23.9 Å². The van der Waals surface area contributed by atoms with Crippen molar-refractivity contribution >= 4 is 23.9 Å². The van der Waals surface area contributed by atoms with Crippen molar-refractivity contribution in [2.75, 3.05) is 0 Å². The Bertz CT molecular complexity index is 932. The van der Waals surface area contributed by atoms with Gasteiger partial charge in [0, 0.05) is 12.8 Å². The highest BCUT2D eigenvalue weighted by molar-refractivity contribution is 5.77. The molecule has 0 bridgehead atoms. The number of rotatable bonds is 18. The molecule has 1 rings (SSSR count). The van der Waals surface area contributed by atoms with Crippen molar-refractivity contribution < 1.29 is 38.1 Å². The number of nitrogens with two attached hydrogens (primary N) is 1. The molecule has 9 heteroatoms. The highest BCUT2D eigenvalue weighted by Crippen LogP contribution is 2.30. The topological polar surface area (TPSA) is 131 Å². The van der Waals surface area contributed by atoms with E-state index in [-0.39, 0.29) is 42.6 Å². The number of carbonyl (C=O) groups is 4. The number of carbonyl (C=O) groups excluding carboxylic acids is 4. The lowest BCUT2D eigenvalue weighted by atomic mass is 10.1. The van der Waals surface area contributed by atoms with Gasteiger partial charge in [0.1, 0.15) is 18.2 Å². The summed E-state index contributed by atoms with van der Waals surface area (Å²) in [5.74, 6) is -1.83. The van der Waals surface area contributed by atoms with Crippen LogP contribution >= 0.6 is 0 Å². The first-order chi connectivity index (χ1) is 18.5. The van der Waals surface area contributed by atoms with E-state index in [9.17, 15) is 19.2 Å². The van der Waals surface area contributed by atoms with Crippen molar-refractivity contribution in [1.29, 1.82) is 0 Å². The van der Waals surface area contributed by atoms with E-state index in [4.69, 9.17) is 24.7 Å². The number of unbranched alkanes of at least 4 members (excludes halogenated alkanes) is 4. The first-order valence-corrected chi connectivity index (χ1v) is 14.2. The summed E-state index contributed by atoms with van der Waals surface area (Å²) in [5.41, 5.74) is 6.71. The zero-order valence-electron chi connectivity index (χ0n) is 24.5. The molecule has 0 radical (unpaired) electrons. The molecule has 220 valence electrons. The van der Waals surface area contributed by atoms with Gasteiger partial charge in [-0.3, -0.25) is 19.2 Å². The Morgan fingerprint density at radius 1 is 0.744 bits per heavy atom. The Morgan fingerprint density at radius 2 is 1.26 bits per heavy atom. The Balaban J connectivity index is 2.90. The summed E-state index contributed by atoms with van der Waals surface area (Å²) < 4.78 is 21.8. The molecule has 0 saturated heterocycles. The Morgan fingerprint density at radius 3 is 1.77 bits per heavy atom. The average molecular weight is 550 g/mol. The lowest BCUT2D eigenvalue weighted by Crippen LogP contribution is -2.40. The molecular weight excluding hydrogens is 502 g/mol. The molecule has 1 unspecified atom stereocenters. The molecule has 1 aromatic rings. The van der Waals surface area contributed by atoms with E-state index in [0.717, 1.165) is 25.7 Å². The fourth-order valence-corrected chi connectivity index (χ4v) is 3.50. The van der Waals surface area contributed by atoms with Crippen molar-refractivity contribution in [1.82, 2.24) is 0 Å². The maximum atomic E-state index is 12.6. The van der Waals surface area contributed by atoms with Gasteiger partial charge in [-0.05, 0) is 57.2 Å². The first-order valence-electron chi connectivity index (χ1n) is 14.2. The first kappa shape index (κ1) is 34.1. The number of benzene rings is 1. The number of esters is 4. The molecule has 0 aliphatic rings. The van der Waals surface area contributed by atoms with Gasteiger partial charge < -0.3 is 24.7 Å². The normalized spacial score (nSPS) is 14.0. The monoisotopic (exact) mass is 549 g/mol. The van der Waals surface area contributed by atoms with Crippen LogP contribution in [0.4, 0.5) is 0 Å². The highest BCUT2D eigenvalue weighted by atomic mass is 16.6. The van der Waals surface area contributed by atoms with E-state index < -0.39 is 36.2 Å². The lowest BCUT2D eigenvalue weighted by Gasteiger charge is -2.23. The summed E-state index contributed by atoms with van der Waals surface area (Å²) in [5, 5.41) is 0. The predicted octanol–water partition coefficient (Wildman–Crippen LogP) is 5.44. The summed E-state index contributed by atoms with van der Waals surface area (Å²) in [6.45, 7) is 11.1. The van der Waals surface area contributed by atoms with Crippen LogP contribution < -0.4 is 15.2 Å². The molecule has 0 spiro atoms. The molecule has 0 aliphatic carbocycles. The van der Waals surface area contributed by atoms with Gasteiger partial charge in [-0.25, -0.2) is 0 Å². The van der Waals surface area contributed by atoms with Gasteiger partial charge in [-0.1, -0.05) is 59.4 Å². The molecule has 1 aromatic carbocycles. The summed E-state index contributed by atoms with van der Waals surface area (Å²) in [4.78, 5) is 49.4. The molecule has 0 fully saturated rings. The Hall–Kier alpha value is -2.94. The fraction of sp³-hybridized carbons (Fsp3) is 0.667. The van der Waals surface area contributed by atoms with Crippen LogP contribution in [0.3, 0.4) is 0 Å². The summed E-state index contributed by atoms with van der Waals surface area (Å²) in [6.07, 6.45) is 5.10. The maximum absolute atomic E-state index is 12.6. The Kier molecular flexibility index (Phi) is 16.1. The third-order valence-corrected chi connectivity index (χ3v) is 6.46. The van der Waals surface area contributed by atoms with Crippen LogP contribution in [0.2, 0.25) is 0 Å². The van der Waals surface area contributed by atoms with Crippen LogP contribution in [0.25, 0.3) is 0 Å². The molecule has 0 aromatic heterocycles. The molecule has 39 heavy (non-hydrogen) atoms. The van der Waals surface area contributed by atoms with Crippen molar-refractivity contribution in [3.8, 4) is 11.5 Å². The van der Waals surface area contributed by atoms with Crippen LogP contribution in [0.15, 0.2) is 18.2 Å². The number of hydrogen-bond acceptors (Lipinski definition) is 9. The zero-order valence-corrected chi connectivity index (χ0v) is 24.5. The number of ether oxygens (including phenoxy) is 4. The third-order valence-electron chi connectivity index (χ3n) is 6.46. The zero-order chi connectivity index (χ0) is 29.4. The van der Waals surface area contributed by atoms with E-state index in [0.29, 0.717) is 24.8 Å². The molecule has 9 nitrogen and oxygen atoms in total. The minimum atomic E-state index is -1.01. The third kappa shape index (κ3) is 13.1. The predicted molar refractivity (Wildman–Crippen MR) is 148 cm³/mol. The van der Waals surface area contributed by atoms with Crippen molar-refractivity contribution in [3.05, 3.63) is 23.8 Å². The van der Waals surface area contributed by atoms with Crippen molar-refractivity contribution in [2.45, 2.75) is 124 Å². The molecule has 0 saturated carbocycles. The molecule has 4 atom stereocenters. The Labute approximate surface area is 233 Å².